The van der Waals surface area contributed by atoms with Crippen LogP contribution in [0, 0.1) is 5.92 Å². The molecule has 0 aromatic heterocycles. The Labute approximate surface area is 197 Å². The molecule has 8 nitrogen and oxygen atoms in total. The van der Waals surface area contributed by atoms with Crippen LogP contribution >= 0.6 is 0 Å². The number of benzene rings is 2. The summed E-state index contributed by atoms with van der Waals surface area (Å²) in [5.41, 5.74) is 0.457. The lowest BCUT2D eigenvalue weighted by Crippen LogP contribution is -2.45. The number of hydrogen-bond donors (Lipinski definition) is 1. The molecule has 2 aromatic rings. The largest absolute Gasteiger partial charge is 0.434 e. The van der Waals surface area contributed by atoms with Crippen LogP contribution in [-0.2, 0) is 21.4 Å². The van der Waals surface area contributed by atoms with Gasteiger partial charge < -0.3 is 15.0 Å². The average molecular weight is 496 g/mol. The predicted molar refractivity (Wildman–Crippen MR) is 121 cm³/mol. The second-order valence-electron chi connectivity index (χ2n) is 8.08. The number of likely N-dealkylation sites (tertiary alicyclic amines) is 1. The highest BCUT2D eigenvalue weighted by atomic mass is 32.2. The molecular formula is C23H27F2N3O5S. The molecule has 2 aromatic carbocycles. The number of carbonyl (C=O) groups is 2. The molecule has 1 saturated heterocycles. The Morgan fingerprint density at radius 1 is 1.15 bits per heavy atom. The number of amides is 2. The van der Waals surface area contributed by atoms with Crippen LogP contribution < -0.4 is 10.1 Å². The second kappa shape index (κ2) is 10.9. The molecule has 1 fully saturated rings. The number of para-hydroxylation sites is 1. The Bertz CT molecular complexity index is 1140. The van der Waals surface area contributed by atoms with Crippen molar-refractivity contribution < 1.29 is 31.5 Å². The SMILES string of the molecule is CN(C)S(=O)(=O)c1ccccc1CNC(=O)C1CCCN(C(=O)c2ccccc2OC(F)F)C1. The standard InChI is InChI=1S/C23H27F2N3O5S/c1-27(2)34(31,32)20-12-6-3-8-16(20)14-26-21(29)17-9-7-13-28(15-17)22(30)18-10-4-5-11-19(18)33-23(24)25/h3-6,8,10-12,17,23H,7,9,13-15H2,1-2H3,(H,26,29). The zero-order valence-corrected chi connectivity index (χ0v) is 19.7. The topological polar surface area (TPSA) is 96.0 Å². The summed E-state index contributed by atoms with van der Waals surface area (Å²) in [6.45, 7) is -2.55. The molecule has 1 atom stereocenters. The van der Waals surface area contributed by atoms with Crippen molar-refractivity contribution in [3.63, 3.8) is 0 Å². The number of hydrogen-bond acceptors (Lipinski definition) is 5. The van der Waals surface area contributed by atoms with Crippen LogP contribution in [0.1, 0.15) is 28.8 Å². The number of piperidine rings is 1. The van der Waals surface area contributed by atoms with E-state index in [-0.39, 0.29) is 35.2 Å². The molecule has 1 heterocycles. The van der Waals surface area contributed by atoms with E-state index < -0.39 is 28.5 Å². The lowest BCUT2D eigenvalue weighted by Gasteiger charge is -2.32. The quantitative estimate of drug-likeness (QED) is 0.608. The van der Waals surface area contributed by atoms with Crippen LogP contribution in [0.15, 0.2) is 53.4 Å². The van der Waals surface area contributed by atoms with Gasteiger partial charge in [0, 0.05) is 33.7 Å². The van der Waals surface area contributed by atoms with Crippen molar-refractivity contribution in [1.29, 1.82) is 0 Å². The first-order chi connectivity index (χ1) is 16.1. The molecule has 1 aliphatic heterocycles. The average Bonchev–Trinajstić information content (AvgIpc) is 2.82. The lowest BCUT2D eigenvalue weighted by molar-refractivity contribution is -0.126. The van der Waals surface area contributed by atoms with E-state index in [9.17, 15) is 26.8 Å². The Hall–Kier alpha value is -3.05. The van der Waals surface area contributed by atoms with Crippen molar-refractivity contribution in [1.82, 2.24) is 14.5 Å². The van der Waals surface area contributed by atoms with Crippen molar-refractivity contribution in [3.8, 4) is 5.75 Å². The summed E-state index contributed by atoms with van der Waals surface area (Å²) in [6.07, 6.45) is 1.11. The van der Waals surface area contributed by atoms with E-state index in [0.29, 0.717) is 24.9 Å². The van der Waals surface area contributed by atoms with E-state index in [0.717, 1.165) is 4.31 Å². The summed E-state index contributed by atoms with van der Waals surface area (Å²) in [6, 6.07) is 12.2. The van der Waals surface area contributed by atoms with Gasteiger partial charge in [-0.05, 0) is 36.6 Å². The third-order valence-corrected chi connectivity index (χ3v) is 7.51. The van der Waals surface area contributed by atoms with Crippen molar-refractivity contribution >= 4 is 21.8 Å². The van der Waals surface area contributed by atoms with Crippen LogP contribution in [0.3, 0.4) is 0 Å². The number of nitrogens with zero attached hydrogens (tertiary/aromatic N) is 2. The number of sulfonamides is 1. The van der Waals surface area contributed by atoms with E-state index in [4.69, 9.17) is 0 Å². The summed E-state index contributed by atoms with van der Waals surface area (Å²) in [7, 11) is -0.813. The first-order valence-corrected chi connectivity index (χ1v) is 12.2. The van der Waals surface area contributed by atoms with Gasteiger partial charge in [-0.1, -0.05) is 30.3 Å². The molecule has 0 bridgehead atoms. The van der Waals surface area contributed by atoms with Gasteiger partial charge in [0.2, 0.25) is 15.9 Å². The first-order valence-electron chi connectivity index (χ1n) is 10.7. The fourth-order valence-corrected chi connectivity index (χ4v) is 4.93. The molecule has 0 radical (unpaired) electrons. The summed E-state index contributed by atoms with van der Waals surface area (Å²) in [5.74, 6) is -1.53. The van der Waals surface area contributed by atoms with Crippen LogP contribution in [-0.4, -0.2) is 63.2 Å². The fourth-order valence-electron chi connectivity index (χ4n) is 3.81. The van der Waals surface area contributed by atoms with Gasteiger partial charge in [-0.2, -0.15) is 8.78 Å². The summed E-state index contributed by atoms with van der Waals surface area (Å²) >= 11 is 0. The number of nitrogens with one attached hydrogen (secondary N) is 1. The third kappa shape index (κ3) is 5.89. The third-order valence-electron chi connectivity index (χ3n) is 5.60. The van der Waals surface area contributed by atoms with Crippen LogP contribution in [0.5, 0.6) is 5.75 Å². The Balaban J connectivity index is 1.68. The van der Waals surface area contributed by atoms with Gasteiger partial charge in [-0.3, -0.25) is 9.59 Å². The maximum atomic E-state index is 13.0. The van der Waals surface area contributed by atoms with Crippen LogP contribution in [0.25, 0.3) is 0 Å². The number of rotatable bonds is 8. The van der Waals surface area contributed by atoms with Gasteiger partial charge >= 0.3 is 6.61 Å². The zero-order valence-electron chi connectivity index (χ0n) is 18.9. The predicted octanol–water partition coefficient (Wildman–Crippen LogP) is 2.71. The Morgan fingerprint density at radius 2 is 1.82 bits per heavy atom. The Morgan fingerprint density at radius 3 is 2.53 bits per heavy atom. The lowest BCUT2D eigenvalue weighted by atomic mass is 9.96. The highest BCUT2D eigenvalue weighted by Crippen LogP contribution is 2.25. The normalized spacial score (nSPS) is 16.5. The molecule has 34 heavy (non-hydrogen) atoms. The van der Waals surface area contributed by atoms with Gasteiger partial charge in [-0.25, -0.2) is 12.7 Å². The van der Waals surface area contributed by atoms with E-state index in [2.05, 4.69) is 10.1 Å². The Kier molecular flexibility index (Phi) is 8.21. The molecule has 11 heteroatoms. The summed E-state index contributed by atoms with van der Waals surface area (Å²) < 4.78 is 56.1. The minimum absolute atomic E-state index is 0.00618. The number of halogens is 2. The van der Waals surface area contributed by atoms with Crippen molar-refractivity contribution in [3.05, 3.63) is 59.7 Å². The molecule has 0 aliphatic carbocycles. The van der Waals surface area contributed by atoms with E-state index in [1.165, 1.54) is 43.3 Å². The van der Waals surface area contributed by atoms with E-state index >= 15 is 0 Å². The van der Waals surface area contributed by atoms with Gasteiger partial charge in [0.15, 0.2) is 0 Å². The van der Waals surface area contributed by atoms with Crippen molar-refractivity contribution in [2.24, 2.45) is 5.92 Å². The van der Waals surface area contributed by atoms with Gasteiger partial charge in [-0.15, -0.1) is 0 Å². The van der Waals surface area contributed by atoms with Crippen molar-refractivity contribution in [2.75, 3.05) is 27.2 Å². The molecule has 2 amide bonds. The summed E-state index contributed by atoms with van der Waals surface area (Å²) in [4.78, 5) is 27.4. The zero-order chi connectivity index (χ0) is 24.9. The van der Waals surface area contributed by atoms with Crippen LogP contribution in [0.4, 0.5) is 8.78 Å². The minimum atomic E-state index is -3.68. The minimum Gasteiger partial charge on any atom is -0.434 e. The molecule has 0 spiro atoms. The van der Waals surface area contributed by atoms with Gasteiger partial charge in [0.05, 0.1) is 16.4 Å². The van der Waals surface area contributed by atoms with Crippen molar-refractivity contribution in [2.45, 2.75) is 30.9 Å². The number of ether oxygens (including phenoxy) is 1. The maximum absolute atomic E-state index is 13.0. The fraction of sp³-hybridized carbons (Fsp3) is 0.391. The summed E-state index contributed by atoms with van der Waals surface area (Å²) in [5, 5.41) is 2.77. The molecule has 1 N–H and O–H groups in total. The molecule has 3 rings (SSSR count). The maximum Gasteiger partial charge on any atom is 0.387 e. The molecule has 0 saturated carbocycles. The number of carbonyl (C=O) groups excluding carboxylic acids is 2. The molecule has 1 aliphatic rings. The van der Waals surface area contributed by atoms with E-state index in [1.54, 1.807) is 24.3 Å². The first kappa shape index (κ1) is 25.6. The molecule has 184 valence electrons. The number of alkyl halides is 2. The van der Waals surface area contributed by atoms with Gasteiger partial charge in [0.25, 0.3) is 5.91 Å². The second-order valence-corrected chi connectivity index (χ2v) is 10.2. The molecular weight excluding hydrogens is 468 g/mol. The smallest absolute Gasteiger partial charge is 0.387 e. The highest BCUT2D eigenvalue weighted by molar-refractivity contribution is 7.89. The monoisotopic (exact) mass is 495 g/mol. The van der Waals surface area contributed by atoms with E-state index in [1.807, 2.05) is 0 Å². The van der Waals surface area contributed by atoms with Gasteiger partial charge in [0.1, 0.15) is 5.75 Å². The van der Waals surface area contributed by atoms with Crippen LogP contribution in [0.2, 0.25) is 0 Å². The molecule has 1 unspecified atom stereocenters. The highest BCUT2D eigenvalue weighted by Gasteiger charge is 2.30.